The fraction of sp³-hybridized carbons (Fsp3) is 0.438. The highest BCUT2D eigenvalue weighted by Gasteiger charge is 2.25. The van der Waals surface area contributed by atoms with Crippen LogP contribution in [0.5, 0.6) is 5.75 Å². The second-order valence-corrected chi connectivity index (χ2v) is 6.05. The van der Waals surface area contributed by atoms with Gasteiger partial charge in [0.2, 0.25) is 5.91 Å². The van der Waals surface area contributed by atoms with Gasteiger partial charge in [0.05, 0.1) is 6.04 Å². The highest BCUT2D eigenvalue weighted by atomic mass is 79.9. The predicted molar refractivity (Wildman–Crippen MR) is 85.9 cm³/mol. The molecule has 2 rings (SSSR count). The van der Waals surface area contributed by atoms with Crippen LogP contribution in [0.4, 0.5) is 0 Å². The number of ether oxygens (including phenoxy) is 1. The third kappa shape index (κ3) is 5.07. The van der Waals surface area contributed by atoms with E-state index in [4.69, 9.17) is 11.2 Å². The fourth-order valence-electron chi connectivity index (χ4n) is 1.86. The van der Waals surface area contributed by atoms with Crippen LogP contribution in [0.3, 0.4) is 0 Å². The van der Waals surface area contributed by atoms with Gasteiger partial charge in [-0.15, -0.1) is 6.42 Å². The quantitative estimate of drug-likeness (QED) is 0.741. The zero-order valence-electron chi connectivity index (χ0n) is 12.0. The Morgan fingerprint density at radius 3 is 3.00 bits per heavy atom. The molecule has 0 spiro atoms. The summed E-state index contributed by atoms with van der Waals surface area (Å²) in [5, 5.41) is 6.19. The minimum atomic E-state index is -0.245. The number of hydrogen-bond acceptors (Lipinski definition) is 3. The lowest BCUT2D eigenvalue weighted by Crippen LogP contribution is -2.42. The highest BCUT2D eigenvalue weighted by molar-refractivity contribution is 9.10. The number of halogens is 1. The molecule has 0 aromatic heterocycles. The van der Waals surface area contributed by atoms with Crippen molar-refractivity contribution < 1.29 is 9.53 Å². The second-order valence-electron chi connectivity index (χ2n) is 5.13. The first-order chi connectivity index (χ1) is 10.1. The van der Waals surface area contributed by atoms with E-state index in [9.17, 15) is 4.79 Å². The summed E-state index contributed by atoms with van der Waals surface area (Å²) in [7, 11) is 0. The number of benzene rings is 1. The van der Waals surface area contributed by atoms with Crippen LogP contribution in [0, 0.1) is 12.3 Å². The first-order valence-electron chi connectivity index (χ1n) is 6.98. The largest absolute Gasteiger partial charge is 0.481 e. The van der Waals surface area contributed by atoms with Crippen molar-refractivity contribution in [3.63, 3.8) is 0 Å². The number of carbonyl (C=O) groups excluding carboxylic acids is 1. The van der Waals surface area contributed by atoms with Gasteiger partial charge in [-0.2, -0.15) is 0 Å². The van der Waals surface area contributed by atoms with Gasteiger partial charge in [0.15, 0.2) is 0 Å². The Labute approximate surface area is 133 Å². The van der Waals surface area contributed by atoms with E-state index in [-0.39, 0.29) is 18.6 Å². The van der Waals surface area contributed by atoms with E-state index >= 15 is 0 Å². The van der Waals surface area contributed by atoms with Crippen molar-refractivity contribution in [2.45, 2.75) is 38.4 Å². The Kier molecular flexibility index (Phi) is 5.66. The molecule has 1 aromatic rings. The molecule has 2 N–H and O–H groups in total. The van der Waals surface area contributed by atoms with Gasteiger partial charge >= 0.3 is 0 Å². The molecule has 0 aliphatic heterocycles. The SMILES string of the molecule is C#CCOc1ccc(Br)cc1CNC(C)C(=O)NC1CC1. The third-order valence-electron chi connectivity index (χ3n) is 3.25. The topological polar surface area (TPSA) is 50.4 Å². The number of hydrogen-bond donors (Lipinski definition) is 2. The Bertz CT molecular complexity index is 550. The zero-order valence-corrected chi connectivity index (χ0v) is 13.6. The molecule has 0 saturated heterocycles. The van der Waals surface area contributed by atoms with Crippen molar-refractivity contribution in [3.8, 4) is 18.1 Å². The minimum Gasteiger partial charge on any atom is -0.481 e. The molecule has 1 fully saturated rings. The normalized spacial score (nSPS) is 15.1. The zero-order chi connectivity index (χ0) is 15.2. The molecule has 1 unspecified atom stereocenters. The number of amides is 1. The molecule has 1 atom stereocenters. The second kappa shape index (κ2) is 7.48. The maximum atomic E-state index is 11.9. The Balaban J connectivity index is 1.92. The molecule has 1 aromatic carbocycles. The number of terminal acetylenes is 1. The van der Waals surface area contributed by atoms with Gasteiger partial charge < -0.3 is 15.4 Å². The Morgan fingerprint density at radius 1 is 1.57 bits per heavy atom. The van der Waals surface area contributed by atoms with Crippen molar-refractivity contribution in [2.75, 3.05) is 6.61 Å². The molecule has 112 valence electrons. The molecule has 1 aliphatic rings. The predicted octanol–water partition coefficient (Wildman–Crippen LogP) is 2.22. The lowest BCUT2D eigenvalue weighted by atomic mass is 10.2. The number of carbonyl (C=O) groups is 1. The maximum absolute atomic E-state index is 11.9. The molecule has 1 aliphatic carbocycles. The average Bonchev–Trinajstić information content (AvgIpc) is 3.27. The molecule has 1 saturated carbocycles. The van der Waals surface area contributed by atoms with Crippen molar-refractivity contribution in [2.24, 2.45) is 0 Å². The monoisotopic (exact) mass is 350 g/mol. The summed E-state index contributed by atoms with van der Waals surface area (Å²) in [6.45, 7) is 2.63. The summed E-state index contributed by atoms with van der Waals surface area (Å²) >= 11 is 3.44. The summed E-state index contributed by atoms with van der Waals surface area (Å²) in [6.07, 6.45) is 7.40. The molecule has 0 bridgehead atoms. The van der Waals surface area contributed by atoms with Crippen LogP contribution in [0.2, 0.25) is 0 Å². The lowest BCUT2D eigenvalue weighted by Gasteiger charge is -2.16. The summed E-state index contributed by atoms with van der Waals surface area (Å²) < 4.78 is 6.47. The maximum Gasteiger partial charge on any atom is 0.237 e. The van der Waals surface area contributed by atoms with Crippen molar-refractivity contribution in [3.05, 3.63) is 28.2 Å². The van der Waals surface area contributed by atoms with E-state index in [0.717, 1.165) is 28.6 Å². The van der Waals surface area contributed by atoms with Gasteiger partial charge in [-0.05, 0) is 38.0 Å². The van der Waals surface area contributed by atoms with Gasteiger partial charge in [-0.25, -0.2) is 0 Å². The summed E-state index contributed by atoms with van der Waals surface area (Å²) in [5.41, 5.74) is 0.964. The van der Waals surface area contributed by atoms with Crippen LogP contribution in [0.25, 0.3) is 0 Å². The van der Waals surface area contributed by atoms with Crippen LogP contribution in [-0.4, -0.2) is 24.6 Å². The fourth-order valence-corrected chi connectivity index (χ4v) is 2.26. The Morgan fingerprint density at radius 2 is 2.33 bits per heavy atom. The number of rotatable bonds is 7. The van der Waals surface area contributed by atoms with Crippen LogP contribution in [0.15, 0.2) is 22.7 Å². The average molecular weight is 351 g/mol. The van der Waals surface area contributed by atoms with Gasteiger partial charge in [-0.1, -0.05) is 21.9 Å². The van der Waals surface area contributed by atoms with Gasteiger partial charge in [0.25, 0.3) is 0 Å². The molecule has 21 heavy (non-hydrogen) atoms. The van der Waals surface area contributed by atoms with E-state index in [1.165, 1.54) is 0 Å². The van der Waals surface area contributed by atoms with E-state index in [2.05, 4.69) is 32.5 Å². The minimum absolute atomic E-state index is 0.0404. The molecular formula is C16H19BrN2O2. The van der Waals surface area contributed by atoms with Crippen molar-refractivity contribution >= 4 is 21.8 Å². The van der Waals surface area contributed by atoms with E-state index in [1.54, 1.807) is 0 Å². The first kappa shape index (κ1) is 15.9. The number of nitrogens with one attached hydrogen (secondary N) is 2. The van der Waals surface area contributed by atoms with E-state index in [0.29, 0.717) is 12.6 Å². The summed E-state index contributed by atoms with van der Waals surface area (Å²) in [5.74, 6) is 3.23. The van der Waals surface area contributed by atoms with Crippen LogP contribution in [0.1, 0.15) is 25.3 Å². The van der Waals surface area contributed by atoms with Gasteiger partial charge in [0, 0.05) is 22.6 Å². The Hall–Kier alpha value is -1.51. The smallest absolute Gasteiger partial charge is 0.237 e. The van der Waals surface area contributed by atoms with Crippen molar-refractivity contribution in [1.29, 1.82) is 0 Å². The molecule has 0 heterocycles. The van der Waals surface area contributed by atoms with Gasteiger partial charge in [-0.3, -0.25) is 4.79 Å². The summed E-state index contributed by atoms with van der Waals surface area (Å²) in [4.78, 5) is 11.9. The highest BCUT2D eigenvalue weighted by Crippen LogP contribution is 2.23. The first-order valence-corrected chi connectivity index (χ1v) is 7.78. The molecule has 0 radical (unpaired) electrons. The van der Waals surface area contributed by atoms with E-state index < -0.39 is 0 Å². The molecular weight excluding hydrogens is 332 g/mol. The van der Waals surface area contributed by atoms with E-state index in [1.807, 2.05) is 25.1 Å². The van der Waals surface area contributed by atoms with Crippen LogP contribution >= 0.6 is 15.9 Å². The van der Waals surface area contributed by atoms with Crippen LogP contribution in [-0.2, 0) is 11.3 Å². The summed E-state index contributed by atoms with van der Waals surface area (Å²) in [6, 6.07) is 5.86. The molecule has 1 amide bonds. The molecule has 4 nitrogen and oxygen atoms in total. The molecule has 5 heteroatoms. The van der Waals surface area contributed by atoms with Crippen molar-refractivity contribution in [1.82, 2.24) is 10.6 Å². The standard InChI is InChI=1S/C16H19BrN2O2/c1-3-8-21-15-7-4-13(17)9-12(15)10-18-11(2)16(20)19-14-5-6-14/h1,4,7,9,11,14,18H,5-6,8,10H2,2H3,(H,19,20). The lowest BCUT2D eigenvalue weighted by molar-refractivity contribution is -0.122. The van der Waals surface area contributed by atoms with Gasteiger partial charge in [0.1, 0.15) is 12.4 Å². The third-order valence-corrected chi connectivity index (χ3v) is 3.74. The van der Waals surface area contributed by atoms with Crippen LogP contribution < -0.4 is 15.4 Å².